The normalized spacial score (nSPS) is 15.7. The van der Waals surface area contributed by atoms with Crippen LogP contribution in [0.1, 0.15) is 16.8 Å². The van der Waals surface area contributed by atoms with Crippen LogP contribution in [0.15, 0.2) is 18.7 Å². The molecule has 2 aromatic heterocycles. The summed E-state index contributed by atoms with van der Waals surface area (Å²) in [6.45, 7) is 2.92. The molecule has 0 N–H and O–H groups in total. The average Bonchev–Trinajstić information content (AvgIpc) is 2.75. The Hall–Kier alpha value is -1.95. The first-order valence-electron chi connectivity index (χ1n) is 6.83. The molecule has 0 saturated heterocycles. The number of hydrogen-bond donors (Lipinski definition) is 0. The van der Waals surface area contributed by atoms with E-state index in [0.29, 0.717) is 0 Å². The molecule has 20 heavy (non-hydrogen) atoms. The summed E-state index contributed by atoms with van der Waals surface area (Å²) < 4.78 is 7.19. The van der Waals surface area contributed by atoms with E-state index in [4.69, 9.17) is 4.74 Å². The van der Waals surface area contributed by atoms with Gasteiger partial charge in [-0.25, -0.2) is 9.97 Å². The predicted octanol–water partition coefficient (Wildman–Crippen LogP) is 0.819. The minimum Gasteiger partial charge on any atom is -0.481 e. The molecule has 0 atom stereocenters. The van der Waals surface area contributed by atoms with Crippen LogP contribution < -0.4 is 4.74 Å². The highest BCUT2D eigenvalue weighted by Gasteiger charge is 2.19. The van der Waals surface area contributed by atoms with Crippen molar-refractivity contribution in [2.24, 2.45) is 7.05 Å². The maximum Gasteiger partial charge on any atom is 0.219 e. The standard InChI is InChI=1S/C14H19N5O/c1-18-8-11(7-17-18)9-19-5-3-12-13(4-6-19)15-10-16-14(12)20-2/h7-8,10H,3-6,9H2,1-2H3. The van der Waals surface area contributed by atoms with E-state index in [0.717, 1.165) is 49.6 Å². The summed E-state index contributed by atoms with van der Waals surface area (Å²) in [4.78, 5) is 11.0. The van der Waals surface area contributed by atoms with Crippen molar-refractivity contribution in [1.82, 2.24) is 24.6 Å². The van der Waals surface area contributed by atoms with Crippen molar-refractivity contribution < 1.29 is 4.74 Å². The Balaban J connectivity index is 1.72. The van der Waals surface area contributed by atoms with Crippen molar-refractivity contribution in [2.45, 2.75) is 19.4 Å². The Morgan fingerprint density at radius 3 is 2.85 bits per heavy atom. The lowest BCUT2D eigenvalue weighted by molar-refractivity contribution is 0.278. The van der Waals surface area contributed by atoms with Crippen molar-refractivity contribution in [1.29, 1.82) is 0 Å². The summed E-state index contributed by atoms with van der Waals surface area (Å²) in [5.41, 5.74) is 3.52. The fourth-order valence-corrected chi connectivity index (χ4v) is 2.69. The van der Waals surface area contributed by atoms with Gasteiger partial charge in [-0.1, -0.05) is 0 Å². The second kappa shape index (κ2) is 5.58. The topological polar surface area (TPSA) is 56.1 Å². The average molecular weight is 273 g/mol. The number of ether oxygens (including phenoxy) is 1. The van der Waals surface area contributed by atoms with Gasteiger partial charge in [-0.2, -0.15) is 5.10 Å². The Bertz CT molecular complexity index is 595. The molecule has 0 saturated carbocycles. The highest BCUT2D eigenvalue weighted by atomic mass is 16.5. The monoisotopic (exact) mass is 273 g/mol. The van der Waals surface area contributed by atoms with Crippen molar-refractivity contribution in [3.8, 4) is 5.88 Å². The summed E-state index contributed by atoms with van der Waals surface area (Å²) in [6, 6.07) is 0. The molecule has 3 heterocycles. The lowest BCUT2D eigenvalue weighted by atomic mass is 10.1. The van der Waals surface area contributed by atoms with E-state index in [1.54, 1.807) is 13.4 Å². The molecule has 1 aliphatic heterocycles. The molecule has 0 aliphatic carbocycles. The zero-order chi connectivity index (χ0) is 13.9. The van der Waals surface area contributed by atoms with E-state index in [2.05, 4.69) is 26.2 Å². The first-order valence-corrected chi connectivity index (χ1v) is 6.83. The molecule has 0 fully saturated rings. The van der Waals surface area contributed by atoms with Crippen molar-refractivity contribution in [2.75, 3.05) is 20.2 Å². The fourth-order valence-electron chi connectivity index (χ4n) is 2.69. The van der Waals surface area contributed by atoms with Gasteiger partial charge in [0, 0.05) is 50.4 Å². The molecule has 0 bridgehead atoms. The molecule has 0 amide bonds. The Kier molecular flexibility index (Phi) is 3.64. The maximum absolute atomic E-state index is 5.34. The maximum atomic E-state index is 5.34. The molecule has 3 rings (SSSR count). The molecule has 106 valence electrons. The molecule has 1 aliphatic rings. The zero-order valence-electron chi connectivity index (χ0n) is 11.9. The molecular formula is C14H19N5O. The minimum atomic E-state index is 0.721. The van der Waals surface area contributed by atoms with Crippen LogP contribution in [-0.4, -0.2) is 44.8 Å². The molecule has 0 unspecified atom stereocenters. The van der Waals surface area contributed by atoms with Gasteiger partial charge >= 0.3 is 0 Å². The quantitative estimate of drug-likeness (QED) is 0.828. The van der Waals surface area contributed by atoms with Crippen LogP contribution in [0, 0.1) is 0 Å². The summed E-state index contributed by atoms with van der Waals surface area (Å²) >= 11 is 0. The van der Waals surface area contributed by atoms with Crippen LogP contribution in [0.4, 0.5) is 0 Å². The lowest BCUT2D eigenvalue weighted by Crippen LogP contribution is -2.25. The third-order valence-electron chi connectivity index (χ3n) is 3.70. The van der Waals surface area contributed by atoms with E-state index in [1.165, 1.54) is 5.56 Å². The highest BCUT2D eigenvalue weighted by molar-refractivity contribution is 5.31. The van der Waals surface area contributed by atoms with E-state index in [1.807, 2.05) is 17.9 Å². The summed E-state index contributed by atoms with van der Waals surface area (Å²) in [6.07, 6.45) is 7.46. The van der Waals surface area contributed by atoms with Gasteiger partial charge in [-0.15, -0.1) is 0 Å². The summed E-state index contributed by atoms with van der Waals surface area (Å²) in [5.74, 6) is 0.721. The van der Waals surface area contributed by atoms with Gasteiger partial charge in [0.25, 0.3) is 0 Å². The molecular weight excluding hydrogens is 254 g/mol. The number of aromatic nitrogens is 4. The number of fused-ring (bicyclic) bond motifs is 1. The van der Waals surface area contributed by atoms with Gasteiger partial charge < -0.3 is 4.74 Å². The number of hydrogen-bond acceptors (Lipinski definition) is 5. The number of rotatable bonds is 3. The van der Waals surface area contributed by atoms with Gasteiger partial charge in [0.2, 0.25) is 5.88 Å². The third-order valence-corrected chi connectivity index (χ3v) is 3.70. The molecule has 0 radical (unpaired) electrons. The van der Waals surface area contributed by atoms with E-state index >= 15 is 0 Å². The van der Waals surface area contributed by atoms with Crippen molar-refractivity contribution in [3.63, 3.8) is 0 Å². The third kappa shape index (κ3) is 2.65. The van der Waals surface area contributed by atoms with E-state index in [-0.39, 0.29) is 0 Å². The first-order chi connectivity index (χ1) is 9.76. The van der Waals surface area contributed by atoms with Crippen LogP contribution in [-0.2, 0) is 26.4 Å². The highest BCUT2D eigenvalue weighted by Crippen LogP contribution is 2.22. The SMILES string of the molecule is COc1ncnc2c1CCN(Cc1cnn(C)c1)CC2. The van der Waals surface area contributed by atoms with Gasteiger partial charge in [0.15, 0.2) is 0 Å². The lowest BCUT2D eigenvalue weighted by Gasteiger charge is -2.18. The smallest absolute Gasteiger partial charge is 0.219 e. The van der Waals surface area contributed by atoms with Gasteiger partial charge in [-0.05, 0) is 6.42 Å². The first kappa shape index (κ1) is 13.1. The Labute approximate surface area is 118 Å². The summed E-state index contributed by atoms with van der Waals surface area (Å²) in [5, 5.41) is 4.22. The van der Waals surface area contributed by atoms with Crippen LogP contribution in [0.3, 0.4) is 0 Å². The van der Waals surface area contributed by atoms with Gasteiger partial charge in [-0.3, -0.25) is 9.58 Å². The molecule has 0 aromatic carbocycles. The Morgan fingerprint density at radius 1 is 1.25 bits per heavy atom. The predicted molar refractivity (Wildman–Crippen MR) is 74.5 cm³/mol. The van der Waals surface area contributed by atoms with Crippen LogP contribution in [0.25, 0.3) is 0 Å². The van der Waals surface area contributed by atoms with Crippen LogP contribution >= 0.6 is 0 Å². The number of methoxy groups -OCH3 is 1. The molecule has 6 heteroatoms. The summed E-state index contributed by atoms with van der Waals surface area (Å²) in [7, 11) is 3.61. The Morgan fingerprint density at radius 2 is 2.10 bits per heavy atom. The molecule has 6 nitrogen and oxygen atoms in total. The molecule has 0 spiro atoms. The van der Waals surface area contributed by atoms with Gasteiger partial charge in [0.1, 0.15) is 6.33 Å². The number of nitrogens with zero attached hydrogens (tertiary/aromatic N) is 5. The van der Waals surface area contributed by atoms with Crippen LogP contribution in [0.5, 0.6) is 5.88 Å². The van der Waals surface area contributed by atoms with Crippen LogP contribution in [0.2, 0.25) is 0 Å². The second-order valence-corrected chi connectivity index (χ2v) is 5.11. The van der Waals surface area contributed by atoms with E-state index < -0.39 is 0 Å². The molecule has 2 aromatic rings. The van der Waals surface area contributed by atoms with Gasteiger partial charge in [0.05, 0.1) is 19.0 Å². The van der Waals surface area contributed by atoms with E-state index in [9.17, 15) is 0 Å². The zero-order valence-corrected chi connectivity index (χ0v) is 11.9. The minimum absolute atomic E-state index is 0.721. The van der Waals surface area contributed by atoms with Crippen molar-refractivity contribution >= 4 is 0 Å². The van der Waals surface area contributed by atoms with Crippen molar-refractivity contribution in [3.05, 3.63) is 35.5 Å². The fraction of sp³-hybridized carbons (Fsp3) is 0.500. The second-order valence-electron chi connectivity index (χ2n) is 5.11. The largest absolute Gasteiger partial charge is 0.481 e. The number of aryl methyl sites for hydroxylation is 1.